The van der Waals surface area contributed by atoms with Crippen molar-refractivity contribution in [3.8, 4) is 17.2 Å². The number of nitrogens with one attached hydrogen (secondary N) is 1. The first-order chi connectivity index (χ1) is 17.1. The Labute approximate surface area is 230 Å². The maximum Gasteiger partial charge on any atom is 0.214 e. The summed E-state index contributed by atoms with van der Waals surface area (Å²) in [5, 5.41) is 16.4. The molecule has 0 saturated heterocycles. The summed E-state index contributed by atoms with van der Waals surface area (Å²) in [5.74, 6) is 2.34. The number of thioether (sulfide) groups is 1. The van der Waals surface area contributed by atoms with E-state index in [1.807, 2.05) is 36.4 Å². The van der Waals surface area contributed by atoms with Crippen molar-refractivity contribution in [2.24, 2.45) is 0 Å². The zero-order valence-corrected chi connectivity index (χ0v) is 23.4. The molecule has 0 spiro atoms. The summed E-state index contributed by atoms with van der Waals surface area (Å²) >= 11 is 5.30. The standard InChI is InChI=1S/C26H28BrN5O2S.ClH/c1-19-9-11-20(12-10-19)18-34-25-23(27)15-21(16-24(25)33-2)17-28-13-6-14-35-26-29-30-31-32(26)22-7-4-3-5-8-22;/h3-5,7-12,15-16,28H,6,13-14,17-18H2,1-2H3;1H. The van der Waals surface area contributed by atoms with Crippen molar-refractivity contribution in [2.75, 3.05) is 19.4 Å². The van der Waals surface area contributed by atoms with Crippen molar-refractivity contribution in [1.82, 2.24) is 25.5 Å². The number of aromatic nitrogens is 4. The molecule has 0 unspecified atom stereocenters. The number of nitrogens with zero attached hydrogens (tertiary/aromatic N) is 4. The fourth-order valence-electron chi connectivity index (χ4n) is 3.45. The Bertz CT molecular complexity index is 1220. The molecule has 0 radical (unpaired) electrons. The number of aryl methyl sites for hydroxylation is 1. The lowest BCUT2D eigenvalue weighted by Crippen LogP contribution is -2.15. The second kappa shape index (κ2) is 14.2. The van der Waals surface area contributed by atoms with Crippen LogP contribution in [0.2, 0.25) is 0 Å². The Kier molecular flexibility index (Phi) is 11.1. The number of rotatable bonds is 12. The molecule has 4 rings (SSSR count). The smallest absolute Gasteiger partial charge is 0.214 e. The van der Waals surface area contributed by atoms with Gasteiger partial charge >= 0.3 is 0 Å². The van der Waals surface area contributed by atoms with E-state index in [1.165, 1.54) is 5.56 Å². The normalized spacial score (nSPS) is 10.6. The van der Waals surface area contributed by atoms with Crippen LogP contribution in [-0.4, -0.2) is 39.6 Å². The minimum atomic E-state index is 0. The number of para-hydroxylation sites is 1. The molecule has 0 saturated carbocycles. The second-order valence-electron chi connectivity index (χ2n) is 7.97. The van der Waals surface area contributed by atoms with E-state index in [4.69, 9.17) is 9.47 Å². The van der Waals surface area contributed by atoms with Crippen LogP contribution in [0.4, 0.5) is 0 Å². The van der Waals surface area contributed by atoms with E-state index in [0.717, 1.165) is 51.7 Å². The van der Waals surface area contributed by atoms with Gasteiger partial charge in [-0.1, -0.05) is 59.8 Å². The maximum atomic E-state index is 6.06. The third-order valence-electron chi connectivity index (χ3n) is 5.29. The van der Waals surface area contributed by atoms with E-state index in [1.54, 1.807) is 23.6 Å². The Balaban J connectivity index is 0.00000361. The van der Waals surface area contributed by atoms with Crippen molar-refractivity contribution in [2.45, 2.75) is 31.7 Å². The molecule has 0 fully saturated rings. The first-order valence-corrected chi connectivity index (χ1v) is 13.1. The maximum absolute atomic E-state index is 6.06. The quantitative estimate of drug-likeness (QED) is 0.160. The summed E-state index contributed by atoms with van der Waals surface area (Å²) in [6, 6.07) is 22.3. The molecule has 0 aliphatic carbocycles. The highest BCUT2D eigenvalue weighted by molar-refractivity contribution is 9.10. The molecular formula is C26H29BrClN5O2S. The molecule has 3 aromatic carbocycles. The van der Waals surface area contributed by atoms with E-state index in [2.05, 4.69) is 74.0 Å². The van der Waals surface area contributed by atoms with E-state index in [9.17, 15) is 0 Å². The second-order valence-corrected chi connectivity index (χ2v) is 9.89. The van der Waals surface area contributed by atoms with Gasteiger partial charge in [0.2, 0.25) is 5.16 Å². The topological polar surface area (TPSA) is 74.1 Å². The minimum absolute atomic E-state index is 0. The van der Waals surface area contributed by atoms with Crippen molar-refractivity contribution >= 4 is 40.1 Å². The van der Waals surface area contributed by atoms with Gasteiger partial charge in [-0.15, -0.1) is 17.5 Å². The summed E-state index contributed by atoms with van der Waals surface area (Å²) in [6.07, 6.45) is 0.988. The number of halogens is 2. The van der Waals surface area contributed by atoms with Gasteiger partial charge in [-0.05, 0) is 81.6 Å². The van der Waals surface area contributed by atoms with Gasteiger partial charge in [0, 0.05) is 12.3 Å². The van der Waals surface area contributed by atoms with Crippen molar-refractivity contribution in [3.05, 3.63) is 87.9 Å². The van der Waals surface area contributed by atoms with Gasteiger partial charge in [-0.25, -0.2) is 0 Å². The fourth-order valence-corrected chi connectivity index (χ4v) is 4.88. The molecule has 36 heavy (non-hydrogen) atoms. The van der Waals surface area contributed by atoms with Gasteiger partial charge in [0.25, 0.3) is 0 Å². The average molecular weight is 591 g/mol. The number of tetrazole rings is 1. The zero-order chi connectivity index (χ0) is 24.5. The van der Waals surface area contributed by atoms with Crippen LogP contribution in [0.1, 0.15) is 23.1 Å². The Hall–Kier alpha value is -2.59. The molecule has 1 N–H and O–H groups in total. The van der Waals surface area contributed by atoms with Crippen LogP contribution in [-0.2, 0) is 13.2 Å². The van der Waals surface area contributed by atoms with Gasteiger partial charge in [0.15, 0.2) is 11.5 Å². The molecule has 1 heterocycles. The molecule has 0 aliphatic heterocycles. The lowest BCUT2D eigenvalue weighted by molar-refractivity contribution is 0.282. The van der Waals surface area contributed by atoms with Gasteiger partial charge in [-0.3, -0.25) is 0 Å². The van der Waals surface area contributed by atoms with Crippen LogP contribution in [0.5, 0.6) is 11.5 Å². The number of hydrogen-bond donors (Lipinski definition) is 1. The lowest BCUT2D eigenvalue weighted by atomic mass is 10.1. The fraction of sp³-hybridized carbons (Fsp3) is 0.269. The SMILES string of the molecule is COc1cc(CNCCCSc2nnnn2-c2ccccc2)cc(Br)c1OCc1ccc(C)cc1.Cl. The van der Waals surface area contributed by atoms with Crippen molar-refractivity contribution in [1.29, 1.82) is 0 Å². The van der Waals surface area contributed by atoms with Crippen LogP contribution >= 0.6 is 40.1 Å². The zero-order valence-electron chi connectivity index (χ0n) is 20.2. The van der Waals surface area contributed by atoms with Crippen molar-refractivity contribution < 1.29 is 9.47 Å². The summed E-state index contributed by atoms with van der Waals surface area (Å²) in [7, 11) is 1.66. The minimum Gasteiger partial charge on any atom is -0.493 e. The van der Waals surface area contributed by atoms with E-state index < -0.39 is 0 Å². The predicted octanol–water partition coefficient (Wildman–Crippen LogP) is 6.01. The van der Waals surface area contributed by atoms with Crippen LogP contribution in [0.15, 0.2) is 76.4 Å². The highest BCUT2D eigenvalue weighted by atomic mass is 79.9. The Morgan fingerprint density at radius 2 is 1.81 bits per heavy atom. The van der Waals surface area contributed by atoms with Gasteiger partial charge in [-0.2, -0.15) is 4.68 Å². The predicted molar refractivity (Wildman–Crippen MR) is 150 cm³/mol. The number of methoxy groups -OCH3 is 1. The van der Waals surface area contributed by atoms with Crippen LogP contribution in [0.25, 0.3) is 5.69 Å². The highest BCUT2D eigenvalue weighted by Crippen LogP contribution is 2.37. The van der Waals surface area contributed by atoms with E-state index >= 15 is 0 Å². The number of hydrogen-bond acceptors (Lipinski definition) is 7. The summed E-state index contributed by atoms with van der Waals surface area (Å²) in [4.78, 5) is 0. The summed E-state index contributed by atoms with van der Waals surface area (Å²) in [5.41, 5.74) is 4.43. The molecular weight excluding hydrogens is 562 g/mol. The molecule has 0 atom stereocenters. The molecule has 10 heteroatoms. The summed E-state index contributed by atoms with van der Waals surface area (Å²) in [6.45, 7) is 4.18. The highest BCUT2D eigenvalue weighted by Gasteiger charge is 2.12. The van der Waals surface area contributed by atoms with Crippen LogP contribution < -0.4 is 14.8 Å². The molecule has 7 nitrogen and oxygen atoms in total. The number of benzene rings is 3. The van der Waals surface area contributed by atoms with Gasteiger partial charge in [0.1, 0.15) is 6.61 Å². The van der Waals surface area contributed by atoms with Crippen LogP contribution in [0.3, 0.4) is 0 Å². The molecule has 0 bridgehead atoms. The Morgan fingerprint density at radius 3 is 2.56 bits per heavy atom. The molecule has 0 aliphatic rings. The molecule has 190 valence electrons. The monoisotopic (exact) mass is 589 g/mol. The Morgan fingerprint density at radius 1 is 1.03 bits per heavy atom. The van der Waals surface area contributed by atoms with Gasteiger partial charge in [0.05, 0.1) is 17.3 Å². The van der Waals surface area contributed by atoms with E-state index in [-0.39, 0.29) is 12.4 Å². The number of ether oxygens (including phenoxy) is 2. The average Bonchev–Trinajstić information content (AvgIpc) is 3.35. The van der Waals surface area contributed by atoms with Crippen molar-refractivity contribution in [3.63, 3.8) is 0 Å². The van der Waals surface area contributed by atoms with E-state index in [0.29, 0.717) is 18.1 Å². The van der Waals surface area contributed by atoms with Gasteiger partial charge < -0.3 is 14.8 Å². The third-order valence-corrected chi connectivity index (χ3v) is 6.89. The first kappa shape index (κ1) is 28.0. The largest absolute Gasteiger partial charge is 0.493 e. The summed E-state index contributed by atoms with van der Waals surface area (Å²) < 4.78 is 14.3. The molecule has 1 aromatic heterocycles. The molecule has 4 aromatic rings. The van der Waals surface area contributed by atoms with Crippen LogP contribution in [0, 0.1) is 6.92 Å². The first-order valence-electron chi connectivity index (χ1n) is 11.4. The third kappa shape index (κ3) is 7.70. The lowest BCUT2D eigenvalue weighted by Gasteiger charge is -2.15. The molecule has 0 amide bonds.